The zero-order chi connectivity index (χ0) is 18.7. The zero-order valence-corrected chi connectivity index (χ0v) is 15.7. The number of rotatable bonds is 6. The number of methoxy groups -OCH3 is 2. The van der Waals surface area contributed by atoms with E-state index in [4.69, 9.17) is 9.47 Å². The summed E-state index contributed by atoms with van der Waals surface area (Å²) in [6.45, 7) is 1.79. The number of para-hydroxylation sites is 1. The molecule has 1 atom stereocenters. The minimum absolute atomic E-state index is 0.219. The number of nitrogens with one attached hydrogen (secondary N) is 1. The Kier molecular flexibility index (Phi) is 5.15. The van der Waals surface area contributed by atoms with Crippen LogP contribution in [0.1, 0.15) is 18.5 Å². The Morgan fingerprint density at radius 1 is 0.885 bits per heavy atom. The third kappa shape index (κ3) is 3.66. The maximum absolute atomic E-state index is 12.8. The molecule has 1 unspecified atom stereocenters. The molecule has 3 aromatic carbocycles. The lowest BCUT2D eigenvalue weighted by Crippen LogP contribution is -2.27. The van der Waals surface area contributed by atoms with Crippen molar-refractivity contribution in [3.8, 4) is 11.5 Å². The zero-order valence-electron chi connectivity index (χ0n) is 14.9. The minimum atomic E-state index is -3.68. The first-order valence-electron chi connectivity index (χ1n) is 8.17. The van der Waals surface area contributed by atoms with Crippen molar-refractivity contribution in [2.24, 2.45) is 0 Å². The van der Waals surface area contributed by atoms with Gasteiger partial charge in [0.15, 0.2) is 0 Å². The second kappa shape index (κ2) is 7.35. The monoisotopic (exact) mass is 371 g/mol. The fourth-order valence-electron chi connectivity index (χ4n) is 2.88. The molecule has 0 saturated carbocycles. The van der Waals surface area contributed by atoms with Gasteiger partial charge in [-0.05, 0) is 48.0 Å². The second-order valence-corrected chi connectivity index (χ2v) is 7.67. The Balaban J connectivity index is 1.91. The van der Waals surface area contributed by atoms with Gasteiger partial charge < -0.3 is 9.47 Å². The molecule has 3 aromatic rings. The van der Waals surface area contributed by atoms with Gasteiger partial charge in [-0.2, -0.15) is 0 Å². The van der Waals surface area contributed by atoms with Crippen LogP contribution < -0.4 is 14.2 Å². The van der Waals surface area contributed by atoms with Gasteiger partial charge in [-0.3, -0.25) is 0 Å². The molecule has 3 rings (SSSR count). The maximum atomic E-state index is 12.8. The van der Waals surface area contributed by atoms with Gasteiger partial charge in [0.2, 0.25) is 10.0 Å². The van der Waals surface area contributed by atoms with Crippen LogP contribution in [-0.2, 0) is 10.0 Å². The summed E-state index contributed by atoms with van der Waals surface area (Å²) < 4.78 is 38.9. The lowest BCUT2D eigenvalue weighted by Gasteiger charge is -2.17. The van der Waals surface area contributed by atoms with Crippen molar-refractivity contribution >= 4 is 20.8 Å². The predicted molar refractivity (Wildman–Crippen MR) is 102 cm³/mol. The number of ether oxygens (including phenoxy) is 2. The van der Waals surface area contributed by atoms with Crippen LogP contribution >= 0.6 is 0 Å². The first-order chi connectivity index (χ1) is 12.4. The average Bonchev–Trinajstić information content (AvgIpc) is 2.66. The molecule has 1 N–H and O–H groups in total. The Hall–Kier alpha value is -2.57. The van der Waals surface area contributed by atoms with Crippen molar-refractivity contribution < 1.29 is 17.9 Å². The van der Waals surface area contributed by atoms with Gasteiger partial charge in [-0.15, -0.1) is 0 Å². The molecule has 0 aliphatic heterocycles. The Bertz CT molecular complexity index is 1030. The van der Waals surface area contributed by atoms with E-state index in [1.165, 1.54) is 0 Å². The molecule has 6 heteroatoms. The van der Waals surface area contributed by atoms with E-state index in [9.17, 15) is 8.42 Å². The lowest BCUT2D eigenvalue weighted by molar-refractivity contribution is 0.405. The summed E-state index contributed by atoms with van der Waals surface area (Å²) in [5.74, 6) is 1.38. The van der Waals surface area contributed by atoms with E-state index < -0.39 is 16.1 Å². The van der Waals surface area contributed by atoms with Crippen molar-refractivity contribution in [3.63, 3.8) is 0 Å². The molecular formula is C20H21NO4S. The quantitative estimate of drug-likeness (QED) is 0.714. The van der Waals surface area contributed by atoms with Crippen LogP contribution in [0.4, 0.5) is 0 Å². The summed E-state index contributed by atoms with van der Waals surface area (Å²) in [5.41, 5.74) is 0.782. The first kappa shape index (κ1) is 18.2. The maximum Gasteiger partial charge on any atom is 0.241 e. The highest BCUT2D eigenvalue weighted by molar-refractivity contribution is 7.89. The molecule has 0 heterocycles. The van der Waals surface area contributed by atoms with E-state index >= 15 is 0 Å². The van der Waals surface area contributed by atoms with Crippen LogP contribution in [0.15, 0.2) is 65.6 Å². The fourth-order valence-corrected chi connectivity index (χ4v) is 4.14. The highest BCUT2D eigenvalue weighted by Gasteiger charge is 2.20. The van der Waals surface area contributed by atoms with Crippen molar-refractivity contribution in [2.75, 3.05) is 14.2 Å². The summed E-state index contributed by atoms with van der Waals surface area (Å²) in [5, 5.41) is 1.75. The van der Waals surface area contributed by atoms with Crippen LogP contribution in [0.2, 0.25) is 0 Å². The van der Waals surface area contributed by atoms with Crippen molar-refractivity contribution in [3.05, 3.63) is 66.2 Å². The molecule has 0 fully saturated rings. The van der Waals surface area contributed by atoms with E-state index in [2.05, 4.69) is 4.72 Å². The van der Waals surface area contributed by atoms with Gasteiger partial charge in [-0.1, -0.05) is 30.3 Å². The van der Waals surface area contributed by atoms with Gasteiger partial charge in [-0.25, -0.2) is 13.1 Å². The van der Waals surface area contributed by atoms with Crippen molar-refractivity contribution in [2.45, 2.75) is 17.9 Å². The Labute approximate surface area is 153 Å². The van der Waals surface area contributed by atoms with Gasteiger partial charge in [0.1, 0.15) is 11.5 Å². The first-order valence-corrected chi connectivity index (χ1v) is 9.66. The summed E-state index contributed by atoms with van der Waals surface area (Å²) >= 11 is 0. The largest absolute Gasteiger partial charge is 0.497 e. The minimum Gasteiger partial charge on any atom is -0.497 e. The average molecular weight is 371 g/mol. The molecular weight excluding hydrogens is 350 g/mol. The number of benzene rings is 3. The molecule has 0 spiro atoms. The Morgan fingerprint density at radius 2 is 1.58 bits per heavy atom. The van der Waals surface area contributed by atoms with Crippen LogP contribution in [-0.4, -0.2) is 22.6 Å². The predicted octanol–water partition coefficient (Wildman–Crippen LogP) is 3.90. The SMILES string of the molecule is COc1ccc2cc(S(=O)(=O)NC(C)c3ccccc3OC)ccc2c1. The standard InChI is InChI=1S/C20H21NO4S/c1-14(19-6-4-5-7-20(19)25-3)21-26(22,23)18-11-9-15-12-17(24-2)10-8-16(15)13-18/h4-14,21H,1-3H3. The van der Waals surface area contributed by atoms with Crippen LogP contribution in [0.25, 0.3) is 10.8 Å². The van der Waals surface area contributed by atoms with E-state index in [-0.39, 0.29) is 4.90 Å². The fraction of sp³-hybridized carbons (Fsp3) is 0.200. The van der Waals surface area contributed by atoms with E-state index in [1.54, 1.807) is 39.3 Å². The van der Waals surface area contributed by atoms with Gasteiger partial charge in [0.25, 0.3) is 0 Å². The number of sulfonamides is 1. The van der Waals surface area contributed by atoms with Crippen LogP contribution in [0.3, 0.4) is 0 Å². The van der Waals surface area contributed by atoms with E-state index in [1.807, 2.05) is 42.5 Å². The summed E-state index contributed by atoms with van der Waals surface area (Å²) in [6, 6.07) is 17.5. The highest BCUT2D eigenvalue weighted by atomic mass is 32.2. The molecule has 136 valence electrons. The third-order valence-corrected chi connectivity index (χ3v) is 5.80. The second-order valence-electron chi connectivity index (χ2n) is 5.96. The normalized spacial score (nSPS) is 12.7. The molecule has 0 aromatic heterocycles. The van der Waals surface area contributed by atoms with Gasteiger partial charge >= 0.3 is 0 Å². The summed E-state index contributed by atoms with van der Waals surface area (Å²) in [4.78, 5) is 0.219. The van der Waals surface area contributed by atoms with Crippen molar-refractivity contribution in [1.29, 1.82) is 0 Å². The smallest absolute Gasteiger partial charge is 0.241 e. The number of hydrogen-bond donors (Lipinski definition) is 1. The highest BCUT2D eigenvalue weighted by Crippen LogP contribution is 2.27. The van der Waals surface area contributed by atoms with Crippen LogP contribution in [0, 0.1) is 0 Å². The summed E-state index contributed by atoms with van der Waals surface area (Å²) in [6.07, 6.45) is 0. The molecule has 0 saturated heterocycles. The third-order valence-electron chi connectivity index (χ3n) is 4.27. The molecule has 0 aliphatic carbocycles. The molecule has 26 heavy (non-hydrogen) atoms. The molecule has 0 radical (unpaired) electrons. The molecule has 0 aliphatic rings. The van der Waals surface area contributed by atoms with Gasteiger partial charge in [0, 0.05) is 11.6 Å². The number of fused-ring (bicyclic) bond motifs is 1. The Morgan fingerprint density at radius 3 is 2.31 bits per heavy atom. The molecule has 0 bridgehead atoms. The molecule has 5 nitrogen and oxygen atoms in total. The topological polar surface area (TPSA) is 64.6 Å². The number of hydrogen-bond acceptors (Lipinski definition) is 4. The van der Waals surface area contributed by atoms with E-state index in [0.29, 0.717) is 5.75 Å². The molecule has 0 amide bonds. The van der Waals surface area contributed by atoms with E-state index in [0.717, 1.165) is 22.1 Å². The summed E-state index contributed by atoms with van der Waals surface area (Å²) in [7, 11) is -0.509. The van der Waals surface area contributed by atoms with Gasteiger partial charge in [0.05, 0.1) is 19.1 Å². The van der Waals surface area contributed by atoms with Crippen LogP contribution in [0.5, 0.6) is 11.5 Å². The lowest BCUT2D eigenvalue weighted by atomic mass is 10.1. The van der Waals surface area contributed by atoms with Crippen molar-refractivity contribution in [1.82, 2.24) is 4.72 Å².